The summed E-state index contributed by atoms with van der Waals surface area (Å²) in [6.45, 7) is 16.7. The summed E-state index contributed by atoms with van der Waals surface area (Å²) in [5.41, 5.74) is 0.693. The molecule has 1 aromatic carbocycles. The molecule has 3 unspecified atom stereocenters. The zero-order chi connectivity index (χ0) is 33.0. The molecule has 2 bridgehead atoms. The number of anilines is 1. The van der Waals surface area contributed by atoms with Crippen LogP contribution >= 0.6 is 27.7 Å². The number of likely N-dealkylation sites (tertiary alicyclic amines) is 1. The molecule has 0 aliphatic carbocycles. The summed E-state index contributed by atoms with van der Waals surface area (Å²) in [6, 6.07) is 6.03. The highest BCUT2D eigenvalue weighted by atomic mass is 79.9. The Bertz CT molecular complexity index is 1270. The van der Waals surface area contributed by atoms with E-state index in [9.17, 15) is 19.5 Å². The molecule has 7 atom stereocenters. The van der Waals surface area contributed by atoms with Crippen molar-refractivity contribution in [2.45, 2.75) is 53.6 Å². The van der Waals surface area contributed by atoms with E-state index < -0.39 is 28.7 Å². The summed E-state index contributed by atoms with van der Waals surface area (Å²) in [6.07, 6.45) is 4.47. The molecule has 252 valence electrons. The zero-order valence-electron chi connectivity index (χ0n) is 26.9. The average Bonchev–Trinajstić information content (AvgIpc) is 3.66. The van der Waals surface area contributed by atoms with Gasteiger partial charge in [0.05, 0.1) is 49.1 Å². The summed E-state index contributed by atoms with van der Waals surface area (Å²) in [7, 11) is 0. The first-order chi connectivity index (χ1) is 22.3. The second-order valence-electron chi connectivity index (χ2n) is 12.3. The van der Waals surface area contributed by atoms with Crippen molar-refractivity contribution in [3.8, 4) is 5.75 Å². The molecule has 4 fully saturated rings. The fourth-order valence-corrected chi connectivity index (χ4v) is 11.3. The Kier molecular flexibility index (Phi) is 11.6. The van der Waals surface area contributed by atoms with Crippen LogP contribution in [-0.2, 0) is 19.1 Å². The number of rotatable bonds is 15. The topological polar surface area (TPSA) is 103 Å². The Morgan fingerprint density at radius 2 is 1.87 bits per heavy atom. The van der Waals surface area contributed by atoms with Crippen LogP contribution in [0.15, 0.2) is 49.6 Å². The molecule has 5 rings (SSSR count). The van der Waals surface area contributed by atoms with Crippen LogP contribution < -0.4 is 9.64 Å². The highest BCUT2D eigenvalue weighted by Gasteiger charge is 2.76. The number of alkyl halides is 1. The van der Waals surface area contributed by atoms with Crippen molar-refractivity contribution in [1.82, 2.24) is 14.7 Å². The van der Waals surface area contributed by atoms with Crippen LogP contribution in [-0.4, -0.2) is 130 Å². The minimum Gasteiger partial charge on any atom is -0.494 e. The molecule has 12 heteroatoms. The van der Waals surface area contributed by atoms with E-state index in [4.69, 9.17) is 9.47 Å². The molecule has 4 aliphatic heterocycles. The minimum atomic E-state index is -0.813. The number of benzene rings is 1. The maximum Gasteiger partial charge on any atom is 0.247 e. The largest absolute Gasteiger partial charge is 0.494 e. The number of nitrogens with zero attached hydrogens (tertiary/aromatic N) is 4. The van der Waals surface area contributed by atoms with Gasteiger partial charge in [0.1, 0.15) is 11.8 Å². The number of hydrogen-bond acceptors (Lipinski definition) is 8. The van der Waals surface area contributed by atoms with Gasteiger partial charge in [-0.2, -0.15) is 0 Å². The van der Waals surface area contributed by atoms with E-state index in [1.54, 1.807) is 38.6 Å². The number of thioether (sulfide) groups is 1. The molecular weight excluding hydrogens is 672 g/mol. The number of hydrogen-bond donors (Lipinski definition) is 1. The molecule has 0 saturated carbocycles. The Balaban J connectivity index is 1.50. The second-order valence-corrected chi connectivity index (χ2v) is 15.1. The number of fused-ring (bicyclic) bond motifs is 1. The standard InChI is InChI=1S/C34H47BrN4O6S/c1-5-13-37(16-15-36-17-19-44-20-18-36)33(43)30-34-21-26(35)29(46-34)27(28(34)32(42)39(30)23(7-3)22-40)31(41)38(14-6-2)24-9-11-25(12-10-24)45-8-4/h5-6,9-12,23,26-30,40H,1-2,7-8,13-22H2,3-4H3/t23-,26?,27+,28-,29+,30?,34?/m0/s1. The van der Waals surface area contributed by atoms with Crippen molar-refractivity contribution >= 4 is 51.1 Å². The van der Waals surface area contributed by atoms with Gasteiger partial charge in [0.2, 0.25) is 17.7 Å². The number of ether oxygens (including phenoxy) is 2. The number of aliphatic hydroxyl groups excluding tert-OH is 1. The van der Waals surface area contributed by atoms with Gasteiger partial charge in [-0.1, -0.05) is 35.0 Å². The fourth-order valence-electron chi connectivity index (χ4n) is 7.66. The normalized spacial score (nSPS) is 29.3. The van der Waals surface area contributed by atoms with Gasteiger partial charge in [0.25, 0.3) is 0 Å². The monoisotopic (exact) mass is 718 g/mol. The lowest BCUT2D eigenvalue weighted by Gasteiger charge is -2.40. The lowest BCUT2D eigenvalue weighted by Crippen LogP contribution is -2.58. The first-order valence-electron chi connectivity index (χ1n) is 16.4. The molecule has 10 nitrogen and oxygen atoms in total. The molecule has 4 saturated heterocycles. The molecule has 1 aromatic rings. The van der Waals surface area contributed by atoms with Crippen molar-refractivity contribution in [2.75, 3.05) is 70.6 Å². The van der Waals surface area contributed by atoms with Gasteiger partial charge in [0, 0.05) is 55.0 Å². The van der Waals surface area contributed by atoms with Crippen molar-refractivity contribution in [3.63, 3.8) is 0 Å². The summed E-state index contributed by atoms with van der Waals surface area (Å²) < 4.78 is 10.3. The van der Waals surface area contributed by atoms with Crippen molar-refractivity contribution in [3.05, 3.63) is 49.6 Å². The number of carbonyl (C=O) groups excluding carboxylic acids is 3. The Hall–Kier alpha value is -2.38. The van der Waals surface area contributed by atoms with Crippen LogP contribution in [0.3, 0.4) is 0 Å². The minimum absolute atomic E-state index is 0.0629. The molecule has 0 aromatic heterocycles. The maximum absolute atomic E-state index is 14.8. The molecular formula is C34H47BrN4O6S. The predicted molar refractivity (Wildman–Crippen MR) is 184 cm³/mol. The molecule has 1 spiro atoms. The third kappa shape index (κ3) is 6.40. The summed E-state index contributed by atoms with van der Waals surface area (Å²) in [5.74, 6) is -1.16. The number of carbonyl (C=O) groups is 3. The highest BCUT2D eigenvalue weighted by Crippen LogP contribution is 2.68. The van der Waals surface area contributed by atoms with Crippen molar-refractivity contribution < 1.29 is 29.0 Å². The molecule has 1 N–H and O–H groups in total. The summed E-state index contributed by atoms with van der Waals surface area (Å²) in [5, 5.41) is 10.3. The Morgan fingerprint density at radius 3 is 2.48 bits per heavy atom. The van der Waals surface area contributed by atoms with Gasteiger partial charge in [-0.15, -0.1) is 24.9 Å². The highest BCUT2D eigenvalue weighted by molar-refractivity contribution is 9.09. The smallest absolute Gasteiger partial charge is 0.247 e. The number of halogens is 1. The zero-order valence-corrected chi connectivity index (χ0v) is 29.3. The fraction of sp³-hybridized carbons (Fsp3) is 0.618. The van der Waals surface area contributed by atoms with Gasteiger partial charge in [-0.05, 0) is 44.0 Å². The SMILES string of the molecule is C=CCN(CCN1CCOCC1)C(=O)C1N([C@@H](CC)CO)C(=O)[C@@H]2[C@@H](C(=O)N(CC=C)c3ccc(OCC)cc3)[C@@H]3SC12CC3Br. The van der Waals surface area contributed by atoms with Crippen LogP contribution in [0.4, 0.5) is 5.69 Å². The quantitative estimate of drug-likeness (QED) is 0.218. The van der Waals surface area contributed by atoms with E-state index in [-0.39, 0.29) is 41.0 Å². The van der Waals surface area contributed by atoms with Crippen LogP contribution in [0.25, 0.3) is 0 Å². The van der Waals surface area contributed by atoms with E-state index in [1.807, 2.05) is 38.1 Å². The molecule has 3 amide bonds. The van der Waals surface area contributed by atoms with Gasteiger partial charge < -0.3 is 29.3 Å². The van der Waals surface area contributed by atoms with E-state index in [2.05, 4.69) is 34.0 Å². The van der Waals surface area contributed by atoms with E-state index in [0.717, 1.165) is 13.1 Å². The third-order valence-electron chi connectivity index (χ3n) is 9.81. The number of morpholine rings is 1. The van der Waals surface area contributed by atoms with Gasteiger partial charge in [0.15, 0.2) is 0 Å². The lowest BCUT2D eigenvalue weighted by atomic mass is 9.70. The van der Waals surface area contributed by atoms with Crippen LogP contribution in [0, 0.1) is 11.8 Å². The van der Waals surface area contributed by atoms with Gasteiger partial charge >= 0.3 is 0 Å². The first-order valence-corrected chi connectivity index (χ1v) is 18.2. The average molecular weight is 720 g/mol. The van der Waals surface area contributed by atoms with Crippen LogP contribution in [0.1, 0.15) is 26.7 Å². The molecule has 46 heavy (non-hydrogen) atoms. The van der Waals surface area contributed by atoms with Gasteiger partial charge in [-0.3, -0.25) is 19.3 Å². The van der Waals surface area contributed by atoms with Crippen LogP contribution in [0.5, 0.6) is 5.75 Å². The first kappa shape index (κ1) is 34.9. The Labute approximate surface area is 285 Å². The van der Waals surface area contributed by atoms with E-state index >= 15 is 0 Å². The van der Waals surface area contributed by atoms with Crippen molar-refractivity contribution in [2.24, 2.45) is 11.8 Å². The predicted octanol–water partition coefficient (Wildman–Crippen LogP) is 3.19. The lowest BCUT2D eigenvalue weighted by molar-refractivity contribution is -0.145. The summed E-state index contributed by atoms with van der Waals surface area (Å²) in [4.78, 5) is 51.4. The second kappa shape index (κ2) is 15.2. The molecule has 0 radical (unpaired) electrons. The van der Waals surface area contributed by atoms with Crippen LogP contribution in [0.2, 0.25) is 0 Å². The molecule has 4 aliphatic rings. The third-order valence-corrected chi connectivity index (χ3v) is 13.0. The number of amides is 3. The molecule has 4 heterocycles. The van der Waals surface area contributed by atoms with E-state index in [0.29, 0.717) is 63.7 Å². The number of aliphatic hydroxyl groups is 1. The Morgan fingerprint density at radius 1 is 1.17 bits per heavy atom. The van der Waals surface area contributed by atoms with E-state index in [1.165, 1.54) is 0 Å². The maximum atomic E-state index is 14.8. The van der Waals surface area contributed by atoms with Crippen molar-refractivity contribution in [1.29, 1.82) is 0 Å². The summed E-state index contributed by atoms with van der Waals surface area (Å²) >= 11 is 5.49. The van der Waals surface area contributed by atoms with Gasteiger partial charge in [-0.25, -0.2) is 0 Å².